The standard InChI is InChI=1S/C16H23NO3S/c1-3-11-8-13(14(9-11)16(19)20)15(18)17(4-2)10-12-6-5-7-21-12/h5-7,11,13-14H,3-4,8-10H2,1-2H3,(H,19,20)/t11?,13-,14+/m0/s1. The molecule has 4 nitrogen and oxygen atoms in total. The van der Waals surface area contributed by atoms with Crippen LogP contribution >= 0.6 is 11.3 Å². The first-order valence-electron chi connectivity index (χ1n) is 7.60. The molecule has 1 aliphatic carbocycles. The van der Waals surface area contributed by atoms with Gasteiger partial charge in [0.1, 0.15) is 0 Å². The van der Waals surface area contributed by atoms with E-state index in [2.05, 4.69) is 6.92 Å². The van der Waals surface area contributed by atoms with Crippen LogP contribution in [0.3, 0.4) is 0 Å². The van der Waals surface area contributed by atoms with Crippen molar-refractivity contribution >= 4 is 23.2 Å². The first kappa shape index (κ1) is 16.0. The third-order valence-corrected chi connectivity index (χ3v) is 5.35. The minimum Gasteiger partial charge on any atom is -0.481 e. The van der Waals surface area contributed by atoms with E-state index in [0.29, 0.717) is 31.8 Å². The van der Waals surface area contributed by atoms with Crippen molar-refractivity contribution in [1.29, 1.82) is 0 Å². The number of amides is 1. The van der Waals surface area contributed by atoms with Crippen LogP contribution in [-0.2, 0) is 16.1 Å². The van der Waals surface area contributed by atoms with Crippen LogP contribution in [0.25, 0.3) is 0 Å². The maximum absolute atomic E-state index is 12.7. The molecule has 3 atom stereocenters. The van der Waals surface area contributed by atoms with E-state index < -0.39 is 11.9 Å². The normalized spacial score (nSPS) is 25.0. The Kier molecular flexibility index (Phi) is 5.39. The molecule has 1 heterocycles. The Bertz CT molecular complexity index is 486. The lowest BCUT2D eigenvalue weighted by Crippen LogP contribution is -2.38. The number of aliphatic carboxylic acids is 1. The predicted octanol–water partition coefficient (Wildman–Crippen LogP) is 3.23. The van der Waals surface area contributed by atoms with Crippen molar-refractivity contribution in [2.24, 2.45) is 17.8 Å². The summed E-state index contributed by atoms with van der Waals surface area (Å²) in [4.78, 5) is 27.1. The molecule has 0 saturated heterocycles. The number of nitrogens with zero attached hydrogens (tertiary/aromatic N) is 1. The minimum atomic E-state index is -0.823. The molecule has 1 amide bonds. The zero-order valence-electron chi connectivity index (χ0n) is 12.6. The maximum Gasteiger partial charge on any atom is 0.307 e. The SMILES string of the molecule is CCC1C[C@H](C(=O)N(CC)Cc2cccs2)[C@H](C(=O)O)C1. The molecule has 1 saturated carbocycles. The Morgan fingerprint density at radius 3 is 2.57 bits per heavy atom. The van der Waals surface area contributed by atoms with Crippen LogP contribution in [-0.4, -0.2) is 28.4 Å². The number of carbonyl (C=O) groups excluding carboxylic acids is 1. The van der Waals surface area contributed by atoms with Gasteiger partial charge >= 0.3 is 5.97 Å². The highest BCUT2D eigenvalue weighted by molar-refractivity contribution is 7.09. The molecule has 116 valence electrons. The van der Waals surface area contributed by atoms with Crippen molar-refractivity contribution in [3.8, 4) is 0 Å². The number of thiophene rings is 1. The van der Waals surface area contributed by atoms with Crippen LogP contribution in [0.1, 0.15) is 38.0 Å². The summed E-state index contributed by atoms with van der Waals surface area (Å²) in [6.07, 6.45) is 2.30. The fourth-order valence-corrected chi connectivity index (χ4v) is 3.91. The summed E-state index contributed by atoms with van der Waals surface area (Å²) >= 11 is 1.63. The lowest BCUT2D eigenvalue weighted by atomic mass is 9.94. The van der Waals surface area contributed by atoms with Crippen LogP contribution in [0.5, 0.6) is 0 Å². The first-order valence-corrected chi connectivity index (χ1v) is 8.48. The topological polar surface area (TPSA) is 57.6 Å². The Labute approximate surface area is 129 Å². The van der Waals surface area contributed by atoms with E-state index in [1.165, 1.54) is 0 Å². The highest BCUT2D eigenvalue weighted by Gasteiger charge is 2.43. The van der Waals surface area contributed by atoms with Crippen molar-refractivity contribution in [1.82, 2.24) is 4.90 Å². The molecule has 0 bridgehead atoms. The van der Waals surface area contributed by atoms with Gasteiger partial charge in [0, 0.05) is 11.4 Å². The average molecular weight is 309 g/mol. The highest BCUT2D eigenvalue weighted by Crippen LogP contribution is 2.39. The van der Waals surface area contributed by atoms with E-state index in [9.17, 15) is 14.7 Å². The van der Waals surface area contributed by atoms with Gasteiger partial charge in [0.05, 0.1) is 18.4 Å². The average Bonchev–Trinajstić information content (AvgIpc) is 3.12. The second-order valence-corrected chi connectivity index (χ2v) is 6.76. The molecule has 0 aromatic carbocycles. The fraction of sp³-hybridized carbons (Fsp3) is 0.625. The summed E-state index contributed by atoms with van der Waals surface area (Å²) in [6, 6.07) is 3.99. The lowest BCUT2D eigenvalue weighted by Gasteiger charge is -2.25. The summed E-state index contributed by atoms with van der Waals surface area (Å²) in [5.74, 6) is -1.32. The molecule has 1 unspecified atom stereocenters. The molecule has 0 radical (unpaired) electrons. The third-order valence-electron chi connectivity index (χ3n) is 4.49. The Morgan fingerprint density at radius 2 is 2.05 bits per heavy atom. The summed E-state index contributed by atoms with van der Waals surface area (Å²) in [7, 11) is 0. The number of rotatable bonds is 6. The quantitative estimate of drug-likeness (QED) is 0.877. The molecule has 1 N–H and O–H groups in total. The van der Waals surface area contributed by atoms with Crippen molar-refractivity contribution in [2.45, 2.75) is 39.7 Å². The van der Waals surface area contributed by atoms with Gasteiger partial charge < -0.3 is 10.0 Å². The number of carboxylic acids is 1. The van der Waals surface area contributed by atoms with Gasteiger partial charge in [0.2, 0.25) is 5.91 Å². The second kappa shape index (κ2) is 7.07. The number of carbonyl (C=O) groups is 2. The zero-order chi connectivity index (χ0) is 15.4. The van der Waals surface area contributed by atoms with E-state index in [1.54, 1.807) is 16.2 Å². The van der Waals surface area contributed by atoms with Gasteiger partial charge in [-0.15, -0.1) is 11.3 Å². The Morgan fingerprint density at radius 1 is 1.33 bits per heavy atom. The summed E-state index contributed by atoms with van der Waals surface area (Å²) in [5, 5.41) is 11.4. The molecule has 0 spiro atoms. The zero-order valence-corrected chi connectivity index (χ0v) is 13.4. The molecule has 2 rings (SSSR count). The Hall–Kier alpha value is -1.36. The number of hydrogen-bond acceptors (Lipinski definition) is 3. The van der Waals surface area contributed by atoms with E-state index in [1.807, 2.05) is 24.4 Å². The highest BCUT2D eigenvalue weighted by atomic mass is 32.1. The van der Waals surface area contributed by atoms with Crippen molar-refractivity contribution in [3.63, 3.8) is 0 Å². The molecule has 0 aliphatic heterocycles. The maximum atomic E-state index is 12.7. The van der Waals surface area contributed by atoms with Gasteiger partial charge in [-0.3, -0.25) is 9.59 Å². The van der Waals surface area contributed by atoms with Crippen LogP contribution < -0.4 is 0 Å². The molecule has 1 aromatic heterocycles. The largest absolute Gasteiger partial charge is 0.481 e. The van der Waals surface area contributed by atoms with Gasteiger partial charge in [0.15, 0.2) is 0 Å². The van der Waals surface area contributed by atoms with E-state index in [0.717, 1.165) is 11.3 Å². The molecule has 1 aromatic rings. The van der Waals surface area contributed by atoms with Crippen LogP contribution in [0.2, 0.25) is 0 Å². The molecule has 1 aliphatic rings. The first-order chi connectivity index (χ1) is 10.1. The van der Waals surface area contributed by atoms with Crippen molar-refractivity contribution in [2.75, 3.05) is 6.54 Å². The smallest absolute Gasteiger partial charge is 0.307 e. The van der Waals surface area contributed by atoms with E-state index >= 15 is 0 Å². The fourth-order valence-electron chi connectivity index (χ4n) is 3.19. The molecule has 1 fully saturated rings. The van der Waals surface area contributed by atoms with E-state index in [-0.39, 0.29) is 11.8 Å². The van der Waals surface area contributed by atoms with Gasteiger partial charge in [-0.05, 0) is 37.1 Å². The Balaban J connectivity index is 2.10. The van der Waals surface area contributed by atoms with Crippen LogP contribution in [0.15, 0.2) is 17.5 Å². The summed E-state index contributed by atoms with van der Waals surface area (Å²) < 4.78 is 0. The second-order valence-electron chi connectivity index (χ2n) is 5.73. The van der Waals surface area contributed by atoms with Crippen molar-refractivity contribution in [3.05, 3.63) is 22.4 Å². The molecular formula is C16H23NO3S. The molecule has 21 heavy (non-hydrogen) atoms. The van der Waals surface area contributed by atoms with Gasteiger partial charge in [-0.25, -0.2) is 0 Å². The summed E-state index contributed by atoms with van der Waals surface area (Å²) in [6.45, 7) is 5.23. The summed E-state index contributed by atoms with van der Waals surface area (Å²) in [5.41, 5.74) is 0. The van der Waals surface area contributed by atoms with Crippen LogP contribution in [0.4, 0.5) is 0 Å². The predicted molar refractivity (Wildman–Crippen MR) is 83.0 cm³/mol. The third kappa shape index (κ3) is 3.64. The molecule has 5 heteroatoms. The minimum absolute atomic E-state index is 0.00856. The van der Waals surface area contributed by atoms with Gasteiger partial charge in [0.25, 0.3) is 0 Å². The number of carboxylic acid groups (broad SMARTS) is 1. The van der Waals surface area contributed by atoms with Gasteiger partial charge in [-0.2, -0.15) is 0 Å². The number of hydrogen-bond donors (Lipinski definition) is 1. The van der Waals surface area contributed by atoms with Crippen molar-refractivity contribution < 1.29 is 14.7 Å². The van der Waals surface area contributed by atoms with Gasteiger partial charge in [-0.1, -0.05) is 19.4 Å². The lowest BCUT2D eigenvalue weighted by molar-refractivity contribution is -0.149. The monoisotopic (exact) mass is 309 g/mol. The molecular weight excluding hydrogens is 286 g/mol. The van der Waals surface area contributed by atoms with E-state index in [4.69, 9.17) is 0 Å². The van der Waals surface area contributed by atoms with Crippen LogP contribution in [0, 0.1) is 17.8 Å².